The van der Waals surface area contributed by atoms with Gasteiger partial charge in [-0.15, -0.1) is 0 Å². The molecule has 114 valence electrons. The molecule has 3 heterocycles. The second kappa shape index (κ2) is 5.05. The molecule has 0 fully saturated rings. The first kappa shape index (κ1) is 13.7. The van der Waals surface area contributed by atoms with Crippen LogP contribution in [-0.2, 0) is 0 Å². The van der Waals surface area contributed by atoms with Gasteiger partial charge in [0.2, 0.25) is 0 Å². The average Bonchev–Trinajstić information content (AvgIpc) is 3.08. The lowest BCUT2D eigenvalue weighted by Crippen LogP contribution is -1.87. The highest BCUT2D eigenvalue weighted by molar-refractivity contribution is 5.96. The maximum atomic E-state index is 5.32. The Hall–Kier alpha value is -2.95. The van der Waals surface area contributed by atoms with Gasteiger partial charge in [0, 0.05) is 29.1 Å². The van der Waals surface area contributed by atoms with E-state index in [1.54, 1.807) is 6.20 Å². The first-order valence-electron chi connectivity index (χ1n) is 7.47. The molecule has 0 unspecified atom stereocenters. The summed E-state index contributed by atoms with van der Waals surface area (Å²) in [7, 11) is 0. The number of hydrogen-bond acceptors (Lipinski definition) is 4. The fourth-order valence-electron chi connectivity index (χ4n) is 3.02. The van der Waals surface area contributed by atoms with Crippen LogP contribution in [0.5, 0.6) is 0 Å². The standard InChI is InChI=1S/C18H16N4O/c1-10-17(11(2)23-22-10)14-7-15(13-5-4-6-19-9-13)18-16(8-14)20-12(3)21-18/h4-9H,1-3H3,(H,20,21). The van der Waals surface area contributed by atoms with Crippen LogP contribution >= 0.6 is 0 Å². The molecule has 0 aliphatic carbocycles. The monoisotopic (exact) mass is 304 g/mol. The summed E-state index contributed by atoms with van der Waals surface area (Å²) in [5, 5.41) is 4.07. The summed E-state index contributed by atoms with van der Waals surface area (Å²) in [5.41, 5.74) is 7.02. The zero-order valence-electron chi connectivity index (χ0n) is 13.2. The van der Waals surface area contributed by atoms with Crippen molar-refractivity contribution < 1.29 is 4.52 Å². The van der Waals surface area contributed by atoms with E-state index in [1.807, 2.05) is 39.1 Å². The van der Waals surface area contributed by atoms with Crippen LogP contribution in [0.25, 0.3) is 33.3 Å². The predicted octanol–water partition coefficient (Wildman–Crippen LogP) is 4.21. The largest absolute Gasteiger partial charge is 0.361 e. The third kappa shape index (κ3) is 2.21. The highest BCUT2D eigenvalue weighted by Crippen LogP contribution is 2.35. The summed E-state index contributed by atoms with van der Waals surface area (Å²) in [5.74, 6) is 1.70. The van der Waals surface area contributed by atoms with Crippen LogP contribution in [-0.4, -0.2) is 20.1 Å². The van der Waals surface area contributed by atoms with Gasteiger partial charge in [-0.2, -0.15) is 0 Å². The normalized spacial score (nSPS) is 11.3. The van der Waals surface area contributed by atoms with Gasteiger partial charge in [0.15, 0.2) is 0 Å². The molecule has 5 heteroatoms. The third-order valence-electron chi connectivity index (χ3n) is 4.00. The van der Waals surface area contributed by atoms with Gasteiger partial charge in [-0.25, -0.2) is 4.98 Å². The van der Waals surface area contributed by atoms with E-state index >= 15 is 0 Å². The molecule has 4 rings (SSSR count). The molecule has 5 nitrogen and oxygen atoms in total. The van der Waals surface area contributed by atoms with Gasteiger partial charge >= 0.3 is 0 Å². The Morgan fingerprint density at radius 2 is 1.96 bits per heavy atom. The molecule has 0 saturated heterocycles. The Kier molecular flexibility index (Phi) is 3.01. The van der Waals surface area contributed by atoms with E-state index in [2.05, 4.69) is 32.2 Å². The molecule has 1 aromatic carbocycles. The van der Waals surface area contributed by atoms with Crippen LogP contribution in [0.4, 0.5) is 0 Å². The molecule has 1 N–H and O–H groups in total. The molecular formula is C18H16N4O. The average molecular weight is 304 g/mol. The van der Waals surface area contributed by atoms with E-state index < -0.39 is 0 Å². The predicted molar refractivity (Wildman–Crippen MR) is 89.0 cm³/mol. The van der Waals surface area contributed by atoms with Crippen molar-refractivity contribution in [2.45, 2.75) is 20.8 Å². The molecule has 4 aromatic rings. The number of fused-ring (bicyclic) bond motifs is 1. The van der Waals surface area contributed by atoms with E-state index in [-0.39, 0.29) is 0 Å². The Morgan fingerprint density at radius 3 is 2.65 bits per heavy atom. The van der Waals surface area contributed by atoms with Crippen molar-refractivity contribution in [2.75, 3.05) is 0 Å². The summed E-state index contributed by atoms with van der Waals surface area (Å²) < 4.78 is 5.32. The number of nitrogens with one attached hydrogen (secondary N) is 1. The zero-order chi connectivity index (χ0) is 16.0. The van der Waals surface area contributed by atoms with Gasteiger partial charge in [0.1, 0.15) is 11.6 Å². The number of hydrogen-bond donors (Lipinski definition) is 1. The quantitative estimate of drug-likeness (QED) is 0.602. The first-order chi connectivity index (χ1) is 11.1. The molecule has 0 spiro atoms. The van der Waals surface area contributed by atoms with Gasteiger partial charge in [-0.05, 0) is 44.5 Å². The highest BCUT2D eigenvalue weighted by atomic mass is 16.5. The van der Waals surface area contributed by atoms with Crippen molar-refractivity contribution in [1.82, 2.24) is 20.1 Å². The van der Waals surface area contributed by atoms with E-state index in [0.29, 0.717) is 0 Å². The molecule has 23 heavy (non-hydrogen) atoms. The number of aromatic nitrogens is 4. The number of H-pyrrole nitrogens is 1. The van der Waals surface area contributed by atoms with Crippen molar-refractivity contribution in [3.05, 3.63) is 53.9 Å². The molecule has 0 aliphatic heterocycles. The fourth-order valence-corrected chi connectivity index (χ4v) is 3.02. The van der Waals surface area contributed by atoms with Crippen LogP contribution in [0.2, 0.25) is 0 Å². The molecule has 0 aliphatic rings. The van der Waals surface area contributed by atoms with Crippen LogP contribution in [0.15, 0.2) is 41.2 Å². The smallest absolute Gasteiger partial charge is 0.141 e. The Balaban J connectivity index is 2.05. The van der Waals surface area contributed by atoms with Gasteiger partial charge in [0.05, 0.1) is 16.7 Å². The highest BCUT2D eigenvalue weighted by Gasteiger charge is 2.16. The van der Waals surface area contributed by atoms with E-state index in [1.165, 1.54) is 0 Å². The first-order valence-corrected chi connectivity index (χ1v) is 7.47. The van der Waals surface area contributed by atoms with Crippen LogP contribution in [0.1, 0.15) is 17.3 Å². The lowest BCUT2D eigenvalue weighted by atomic mass is 9.97. The van der Waals surface area contributed by atoms with E-state index in [9.17, 15) is 0 Å². The lowest BCUT2D eigenvalue weighted by Gasteiger charge is -2.07. The van der Waals surface area contributed by atoms with Crippen LogP contribution in [0.3, 0.4) is 0 Å². The van der Waals surface area contributed by atoms with E-state index in [4.69, 9.17) is 4.52 Å². The molecule has 3 aromatic heterocycles. The van der Waals surface area contributed by atoms with Crippen molar-refractivity contribution in [3.63, 3.8) is 0 Å². The number of aryl methyl sites for hydroxylation is 3. The summed E-state index contributed by atoms with van der Waals surface area (Å²) in [6, 6.07) is 8.21. The SMILES string of the molecule is Cc1nc2c(-c3cccnc3)cc(-c3c(C)noc3C)cc2[nH]1. The summed E-state index contributed by atoms with van der Waals surface area (Å²) in [6.45, 7) is 5.85. The number of nitrogens with zero attached hydrogens (tertiary/aromatic N) is 3. The van der Waals surface area contributed by atoms with E-state index in [0.717, 1.165) is 50.6 Å². The molecule has 0 atom stereocenters. The number of aromatic amines is 1. The molecule has 0 saturated carbocycles. The third-order valence-corrected chi connectivity index (χ3v) is 4.00. The van der Waals surface area contributed by atoms with Gasteiger partial charge < -0.3 is 9.51 Å². The van der Waals surface area contributed by atoms with Crippen LogP contribution in [0, 0.1) is 20.8 Å². The van der Waals surface area contributed by atoms with Gasteiger partial charge in [0.25, 0.3) is 0 Å². The van der Waals surface area contributed by atoms with Crippen molar-refractivity contribution in [1.29, 1.82) is 0 Å². The Labute approximate surface area is 133 Å². The second-order valence-electron chi connectivity index (χ2n) is 5.68. The number of imidazole rings is 1. The Morgan fingerprint density at radius 1 is 1.09 bits per heavy atom. The molecule has 0 radical (unpaired) electrons. The minimum absolute atomic E-state index is 0.815. The van der Waals surface area contributed by atoms with Crippen molar-refractivity contribution >= 4 is 11.0 Å². The number of benzene rings is 1. The van der Waals surface area contributed by atoms with Crippen LogP contribution < -0.4 is 0 Å². The lowest BCUT2D eigenvalue weighted by molar-refractivity contribution is 0.393. The van der Waals surface area contributed by atoms with Gasteiger partial charge in [-0.3, -0.25) is 4.98 Å². The number of rotatable bonds is 2. The summed E-state index contributed by atoms with van der Waals surface area (Å²) in [4.78, 5) is 12.2. The van der Waals surface area contributed by atoms with Crippen molar-refractivity contribution in [2.24, 2.45) is 0 Å². The summed E-state index contributed by atoms with van der Waals surface area (Å²) in [6.07, 6.45) is 3.63. The topological polar surface area (TPSA) is 67.6 Å². The minimum Gasteiger partial charge on any atom is -0.361 e. The molecular weight excluding hydrogens is 288 g/mol. The number of pyridine rings is 1. The maximum absolute atomic E-state index is 5.32. The Bertz CT molecular complexity index is 979. The maximum Gasteiger partial charge on any atom is 0.141 e. The summed E-state index contributed by atoms with van der Waals surface area (Å²) >= 11 is 0. The minimum atomic E-state index is 0.815. The van der Waals surface area contributed by atoms with Crippen molar-refractivity contribution in [3.8, 4) is 22.3 Å². The fraction of sp³-hybridized carbons (Fsp3) is 0.167. The second-order valence-corrected chi connectivity index (χ2v) is 5.68. The molecule has 0 bridgehead atoms. The van der Waals surface area contributed by atoms with Gasteiger partial charge in [-0.1, -0.05) is 11.2 Å². The molecule has 0 amide bonds. The zero-order valence-corrected chi connectivity index (χ0v) is 13.2.